The summed E-state index contributed by atoms with van der Waals surface area (Å²) in [5.74, 6) is -0.270. The van der Waals surface area contributed by atoms with E-state index in [1.54, 1.807) is 24.3 Å². The largest absolute Gasteiger partial charge is 0.388 e. The van der Waals surface area contributed by atoms with E-state index in [0.29, 0.717) is 24.0 Å². The molecule has 0 heterocycles. The third-order valence-corrected chi connectivity index (χ3v) is 3.45. The summed E-state index contributed by atoms with van der Waals surface area (Å²) in [5, 5.41) is 12.8. The van der Waals surface area contributed by atoms with Gasteiger partial charge in [-0.05, 0) is 31.9 Å². The van der Waals surface area contributed by atoms with Crippen LogP contribution in [0.2, 0.25) is 0 Å². The highest BCUT2D eigenvalue weighted by molar-refractivity contribution is 5.97. The molecule has 1 aromatic carbocycles. The van der Waals surface area contributed by atoms with E-state index in [-0.39, 0.29) is 18.2 Å². The normalized spacial score (nSPS) is 11.2. The van der Waals surface area contributed by atoms with Gasteiger partial charge in [-0.1, -0.05) is 26.0 Å². The molecule has 0 atom stereocenters. The molecule has 0 bridgehead atoms. The van der Waals surface area contributed by atoms with Crippen LogP contribution in [-0.2, 0) is 0 Å². The number of aliphatic hydroxyl groups is 1. The third-order valence-electron chi connectivity index (χ3n) is 3.45. The standard InChI is InChI=1S/C15H21NO3/c1-4-15(19,5-2)10-16-14(18)13-8-6-12(7-9-13)11(3)17/h6-9,19H,4-5,10H2,1-3H3,(H,16,18). The Morgan fingerprint density at radius 2 is 1.58 bits per heavy atom. The number of Topliss-reactive ketones (excluding diaryl/α,β-unsaturated/α-hetero) is 1. The van der Waals surface area contributed by atoms with E-state index >= 15 is 0 Å². The van der Waals surface area contributed by atoms with Crippen LogP contribution >= 0.6 is 0 Å². The van der Waals surface area contributed by atoms with Crippen molar-refractivity contribution in [2.24, 2.45) is 0 Å². The Kier molecular flexibility index (Phi) is 5.24. The molecule has 4 heteroatoms. The number of hydrogen-bond acceptors (Lipinski definition) is 3. The highest BCUT2D eigenvalue weighted by Gasteiger charge is 2.22. The van der Waals surface area contributed by atoms with Crippen LogP contribution in [0.1, 0.15) is 54.3 Å². The van der Waals surface area contributed by atoms with Crippen molar-refractivity contribution in [2.75, 3.05) is 6.54 Å². The monoisotopic (exact) mass is 263 g/mol. The highest BCUT2D eigenvalue weighted by Crippen LogP contribution is 2.13. The molecule has 0 aromatic heterocycles. The second-order valence-corrected chi connectivity index (χ2v) is 4.75. The number of nitrogens with one attached hydrogen (secondary N) is 1. The second-order valence-electron chi connectivity index (χ2n) is 4.75. The van der Waals surface area contributed by atoms with Crippen molar-refractivity contribution in [2.45, 2.75) is 39.2 Å². The van der Waals surface area contributed by atoms with Gasteiger partial charge in [0, 0.05) is 17.7 Å². The minimum atomic E-state index is -0.852. The molecule has 1 amide bonds. The van der Waals surface area contributed by atoms with Gasteiger partial charge in [-0.2, -0.15) is 0 Å². The number of amides is 1. The molecular formula is C15H21NO3. The average Bonchev–Trinajstić information content (AvgIpc) is 2.44. The smallest absolute Gasteiger partial charge is 0.251 e. The van der Waals surface area contributed by atoms with Crippen LogP contribution in [0.15, 0.2) is 24.3 Å². The van der Waals surface area contributed by atoms with E-state index in [9.17, 15) is 14.7 Å². The Morgan fingerprint density at radius 3 is 2.00 bits per heavy atom. The van der Waals surface area contributed by atoms with Crippen LogP contribution in [0.25, 0.3) is 0 Å². The quantitative estimate of drug-likeness (QED) is 0.773. The number of ketones is 1. The van der Waals surface area contributed by atoms with Crippen LogP contribution < -0.4 is 5.32 Å². The maximum Gasteiger partial charge on any atom is 0.251 e. The van der Waals surface area contributed by atoms with Gasteiger partial charge in [0.2, 0.25) is 0 Å². The molecule has 1 aromatic rings. The summed E-state index contributed by atoms with van der Waals surface area (Å²) >= 11 is 0. The molecule has 0 aliphatic rings. The van der Waals surface area contributed by atoms with Gasteiger partial charge in [-0.15, -0.1) is 0 Å². The lowest BCUT2D eigenvalue weighted by molar-refractivity contribution is 0.0314. The lowest BCUT2D eigenvalue weighted by atomic mass is 9.97. The predicted octanol–water partition coefficient (Wildman–Crippen LogP) is 2.17. The van der Waals surface area contributed by atoms with Gasteiger partial charge in [-0.3, -0.25) is 9.59 Å². The number of benzene rings is 1. The zero-order valence-corrected chi connectivity index (χ0v) is 11.7. The summed E-state index contributed by atoms with van der Waals surface area (Å²) in [4.78, 5) is 23.0. The zero-order valence-electron chi connectivity index (χ0n) is 11.7. The minimum Gasteiger partial charge on any atom is -0.388 e. The van der Waals surface area contributed by atoms with Crippen molar-refractivity contribution >= 4 is 11.7 Å². The summed E-state index contributed by atoms with van der Waals surface area (Å²) in [6.07, 6.45) is 1.18. The molecule has 1 rings (SSSR count). The van der Waals surface area contributed by atoms with Crippen LogP contribution in [0.5, 0.6) is 0 Å². The number of carbonyl (C=O) groups is 2. The fourth-order valence-corrected chi connectivity index (χ4v) is 1.70. The molecule has 0 unspecified atom stereocenters. The fourth-order valence-electron chi connectivity index (χ4n) is 1.70. The average molecular weight is 263 g/mol. The molecule has 0 saturated carbocycles. The van der Waals surface area contributed by atoms with E-state index in [0.717, 1.165) is 0 Å². The Hall–Kier alpha value is -1.68. The molecule has 0 saturated heterocycles. The highest BCUT2D eigenvalue weighted by atomic mass is 16.3. The maximum atomic E-state index is 11.9. The Morgan fingerprint density at radius 1 is 1.11 bits per heavy atom. The first kappa shape index (κ1) is 15.4. The number of hydrogen-bond donors (Lipinski definition) is 2. The van der Waals surface area contributed by atoms with Gasteiger partial charge in [-0.25, -0.2) is 0 Å². The molecule has 0 aliphatic heterocycles. The number of carbonyl (C=O) groups excluding carboxylic acids is 2. The molecule has 0 aliphatic carbocycles. The Labute approximate surface area is 113 Å². The van der Waals surface area contributed by atoms with Gasteiger partial charge >= 0.3 is 0 Å². The molecule has 4 nitrogen and oxygen atoms in total. The molecule has 0 radical (unpaired) electrons. The van der Waals surface area contributed by atoms with E-state index < -0.39 is 5.60 Å². The fraction of sp³-hybridized carbons (Fsp3) is 0.467. The first-order chi connectivity index (χ1) is 8.91. The van der Waals surface area contributed by atoms with E-state index in [2.05, 4.69) is 5.32 Å². The van der Waals surface area contributed by atoms with Gasteiger partial charge in [0.25, 0.3) is 5.91 Å². The van der Waals surface area contributed by atoms with Crippen molar-refractivity contribution in [3.05, 3.63) is 35.4 Å². The summed E-state index contributed by atoms with van der Waals surface area (Å²) < 4.78 is 0. The van der Waals surface area contributed by atoms with Crippen molar-refractivity contribution in [1.29, 1.82) is 0 Å². The molecule has 0 fully saturated rings. The first-order valence-corrected chi connectivity index (χ1v) is 6.53. The molecule has 2 N–H and O–H groups in total. The van der Waals surface area contributed by atoms with Crippen LogP contribution in [0, 0.1) is 0 Å². The molecule has 104 valence electrons. The maximum absolute atomic E-state index is 11.9. The van der Waals surface area contributed by atoms with Crippen molar-refractivity contribution < 1.29 is 14.7 Å². The van der Waals surface area contributed by atoms with E-state index in [4.69, 9.17) is 0 Å². The van der Waals surface area contributed by atoms with Gasteiger partial charge in [0.05, 0.1) is 5.60 Å². The summed E-state index contributed by atoms with van der Waals surface area (Å²) in [5.41, 5.74) is 0.212. The van der Waals surface area contributed by atoms with E-state index in [1.807, 2.05) is 13.8 Å². The predicted molar refractivity (Wildman–Crippen MR) is 74.3 cm³/mol. The van der Waals surface area contributed by atoms with Crippen molar-refractivity contribution in [3.8, 4) is 0 Å². The number of rotatable bonds is 6. The zero-order chi connectivity index (χ0) is 14.5. The van der Waals surface area contributed by atoms with Crippen LogP contribution in [-0.4, -0.2) is 28.9 Å². The summed E-state index contributed by atoms with van der Waals surface area (Å²) in [6, 6.07) is 6.48. The van der Waals surface area contributed by atoms with E-state index in [1.165, 1.54) is 6.92 Å². The molecule has 0 spiro atoms. The SMILES string of the molecule is CCC(O)(CC)CNC(=O)c1ccc(C(C)=O)cc1. The van der Waals surface area contributed by atoms with Gasteiger partial charge in [0.15, 0.2) is 5.78 Å². The van der Waals surface area contributed by atoms with Gasteiger partial charge in [0.1, 0.15) is 0 Å². The molecular weight excluding hydrogens is 242 g/mol. The summed E-state index contributed by atoms with van der Waals surface area (Å²) in [6.45, 7) is 5.49. The lowest BCUT2D eigenvalue weighted by Crippen LogP contribution is -2.42. The van der Waals surface area contributed by atoms with Gasteiger partial charge < -0.3 is 10.4 Å². The van der Waals surface area contributed by atoms with Crippen molar-refractivity contribution in [3.63, 3.8) is 0 Å². The minimum absolute atomic E-state index is 0.0294. The first-order valence-electron chi connectivity index (χ1n) is 6.53. The topological polar surface area (TPSA) is 66.4 Å². The lowest BCUT2D eigenvalue weighted by Gasteiger charge is -2.25. The van der Waals surface area contributed by atoms with Crippen LogP contribution in [0.4, 0.5) is 0 Å². The van der Waals surface area contributed by atoms with Crippen LogP contribution in [0.3, 0.4) is 0 Å². The Bertz CT molecular complexity index is 447. The summed E-state index contributed by atoms with van der Waals surface area (Å²) in [7, 11) is 0. The van der Waals surface area contributed by atoms with Crippen molar-refractivity contribution in [1.82, 2.24) is 5.32 Å². The molecule has 19 heavy (non-hydrogen) atoms. The second kappa shape index (κ2) is 6.48. The Balaban J connectivity index is 2.66. The third kappa shape index (κ3) is 4.17.